The Balaban J connectivity index is 1.83. The van der Waals surface area contributed by atoms with E-state index in [0.29, 0.717) is 23.8 Å². The summed E-state index contributed by atoms with van der Waals surface area (Å²) in [5, 5.41) is 9.71. The first-order chi connectivity index (χ1) is 10.7. The average Bonchev–Trinajstić information content (AvgIpc) is 2.54. The molecule has 22 heavy (non-hydrogen) atoms. The zero-order chi connectivity index (χ0) is 15.5. The molecule has 1 saturated heterocycles. The van der Waals surface area contributed by atoms with Gasteiger partial charge in [0, 0.05) is 37.1 Å². The van der Waals surface area contributed by atoms with Crippen molar-refractivity contribution in [3.63, 3.8) is 0 Å². The number of anilines is 1. The van der Waals surface area contributed by atoms with E-state index < -0.39 is 0 Å². The Kier molecular flexibility index (Phi) is 4.20. The third-order valence-electron chi connectivity index (χ3n) is 3.76. The summed E-state index contributed by atoms with van der Waals surface area (Å²) in [6, 6.07) is 4.49. The first kappa shape index (κ1) is 14.7. The second-order valence-electron chi connectivity index (χ2n) is 5.39. The van der Waals surface area contributed by atoms with Gasteiger partial charge in [0.2, 0.25) is 5.95 Å². The van der Waals surface area contributed by atoms with Crippen LogP contribution in [0.25, 0.3) is 11.1 Å². The molecular weight excluding hydrogens is 285 g/mol. The van der Waals surface area contributed by atoms with Gasteiger partial charge in [0.15, 0.2) is 0 Å². The molecule has 0 saturated carbocycles. The summed E-state index contributed by atoms with van der Waals surface area (Å²) in [7, 11) is 1.50. The zero-order valence-corrected chi connectivity index (χ0v) is 12.4. The number of rotatable bonds is 3. The van der Waals surface area contributed by atoms with Gasteiger partial charge in [0.25, 0.3) is 0 Å². The smallest absolute Gasteiger partial charge is 0.225 e. The summed E-state index contributed by atoms with van der Waals surface area (Å²) >= 11 is 0. The molecule has 2 heterocycles. The van der Waals surface area contributed by atoms with Crippen LogP contribution in [-0.4, -0.2) is 41.4 Å². The van der Waals surface area contributed by atoms with Crippen LogP contribution in [0, 0.1) is 5.82 Å². The van der Waals surface area contributed by atoms with E-state index >= 15 is 0 Å². The van der Waals surface area contributed by atoms with Crippen LogP contribution in [0.2, 0.25) is 0 Å². The molecule has 0 bridgehead atoms. The van der Waals surface area contributed by atoms with Gasteiger partial charge in [-0.2, -0.15) is 0 Å². The third kappa shape index (κ3) is 3.17. The summed E-state index contributed by atoms with van der Waals surface area (Å²) in [5.74, 6) is 0.682. The van der Waals surface area contributed by atoms with Crippen LogP contribution < -0.4 is 9.64 Å². The highest BCUT2D eigenvalue weighted by Crippen LogP contribution is 2.25. The summed E-state index contributed by atoms with van der Waals surface area (Å²) in [6.07, 6.45) is 4.74. The number of piperidine rings is 1. The molecule has 1 aliphatic rings. The zero-order valence-electron chi connectivity index (χ0n) is 12.4. The van der Waals surface area contributed by atoms with Gasteiger partial charge in [-0.05, 0) is 30.5 Å². The lowest BCUT2D eigenvalue weighted by atomic mass is 10.1. The largest absolute Gasteiger partial charge is 0.497 e. The minimum atomic E-state index is -0.363. The molecule has 1 N–H and O–H groups in total. The maximum atomic E-state index is 13.6. The van der Waals surface area contributed by atoms with Gasteiger partial charge in [-0.25, -0.2) is 14.4 Å². The van der Waals surface area contributed by atoms with Crippen LogP contribution in [0.3, 0.4) is 0 Å². The average molecular weight is 303 g/mol. The molecule has 1 aromatic heterocycles. The number of hydrogen-bond acceptors (Lipinski definition) is 5. The number of aliphatic hydroxyl groups is 1. The number of nitrogens with zero attached hydrogens (tertiary/aromatic N) is 3. The van der Waals surface area contributed by atoms with Gasteiger partial charge in [0.05, 0.1) is 13.2 Å². The van der Waals surface area contributed by atoms with Crippen LogP contribution in [0.15, 0.2) is 30.6 Å². The monoisotopic (exact) mass is 303 g/mol. The van der Waals surface area contributed by atoms with E-state index in [0.717, 1.165) is 24.9 Å². The topological polar surface area (TPSA) is 58.5 Å². The highest BCUT2D eigenvalue weighted by atomic mass is 19.1. The molecule has 1 unspecified atom stereocenters. The molecule has 0 amide bonds. The maximum absolute atomic E-state index is 13.6. The number of β-amino-alcohol motifs (C(OH)–C–C–N with tert-alkyl or cyclic N) is 1. The number of aliphatic hydroxyl groups excluding tert-OH is 1. The molecule has 1 fully saturated rings. The van der Waals surface area contributed by atoms with Crippen LogP contribution >= 0.6 is 0 Å². The molecule has 0 spiro atoms. The van der Waals surface area contributed by atoms with E-state index in [2.05, 4.69) is 9.97 Å². The van der Waals surface area contributed by atoms with Crippen LogP contribution in [-0.2, 0) is 0 Å². The summed E-state index contributed by atoms with van der Waals surface area (Å²) < 4.78 is 18.6. The maximum Gasteiger partial charge on any atom is 0.225 e. The van der Waals surface area contributed by atoms with Crippen LogP contribution in [0.1, 0.15) is 12.8 Å². The Bertz CT molecular complexity index is 648. The quantitative estimate of drug-likeness (QED) is 0.942. The first-order valence-corrected chi connectivity index (χ1v) is 7.26. The molecule has 1 aromatic carbocycles. The lowest BCUT2D eigenvalue weighted by molar-refractivity contribution is 0.153. The number of hydrogen-bond donors (Lipinski definition) is 1. The van der Waals surface area contributed by atoms with Crippen LogP contribution in [0.5, 0.6) is 5.75 Å². The predicted molar refractivity (Wildman–Crippen MR) is 81.4 cm³/mol. The Morgan fingerprint density at radius 3 is 2.68 bits per heavy atom. The third-order valence-corrected chi connectivity index (χ3v) is 3.76. The fourth-order valence-electron chi connectivity index (χ4n) is 2.62. The van der Waals surface area contributed by atoms with E-state index in [1.54, 1.807) is 18.5 Å². The number of methoxy groups -OCH3 is 1. The van der Waals surface area contributed by atoms with Gasteiger partial charge >= 0.3 is 0 Å². The fraction of sp³-hybridized carbons (Fsp3) is 0.375. The molecule has 1 atom stereocenters. The predicted octanol–water partition coefficient (Wildman–Crippen LogP) is 2.25. The fourth-order valence-corrected chi connectivity index (χ4v) is 2.62. The van der Waals surface area contributed by atoms with E-state index in [4.69, 9.17) is 4.74 Å². The van der Waals surface area contributed by atoms with E-state index in [-0.39, 0.29) is 11.9 Å². The highest BCUT2D eigenvalue weighted by Gasteiger charge is 2.19. The van der Waals surface area contributed by atoms with Gasteiger partial charge < -0.3 is 14.7 Å². The molecule has 2 aromatic rings. The Labute approximate surface area is 128 Å². The molecule has 1 aliphatic heterocycles. The number of aromatic nitrogens is 2. The van der Waals surface area contributed by atoms with Gasteiger partial charge in [-0.1, -0.05) is 0 Å². The molecule has 3 rings (SSSR count). The van der Waals surface area contributed by atoms with Crippen molar-refractivity contribution in [2.24, 2.45) is 0 Å². The van der Waals surface area contributed by atoms with E-state index in [1.165, 1.54) is 19.2 Å². The van der Waals surface area contributed by atoms with Crippen LogP contribution in [0.4, 0.5) is 10.3 Å². The minimum Gasteiger partial charge on any atom is -0.497 e. The molecular formula is C16H18FN3O2. The van der Waals surface area contributed by atoms with Crippen molar-refractivity contribution < 1.29 is 14.2 Å². The molecule has 0 aliphatic carbocycles. The van der Waals surface area contributed by atoms with E-state index in [9.17, 15) is 9.50 Å². The number of halogens is 1. The van der Waals surface area contributed by atoms with Crippen molar-refractivity contribution in [3.05, 3.63) is 36.4 Å². The van der Waals surface area contributed by atoms with Crippen molar-refractivity contribution in [1.82, 2.24) is 9.97 Å². The Morgan fingerprint density at radius 1 is 1.23 bits per heavy atom. The van der Waals surface area contributed by atoms with Crippen molar-refractivity contribution in [3.8, 4) is 16.9 Å². The van der Waals surface area contributed by atoms with Crippen molar-refractivity contribution in [1.29, 1.82) is 0 Å². The Hall–Kier alpha value is -2.21. The minimum absolute atomic E-state index is 0.329. The SMILES string of the molecule is COc1cc(F)cc(-c2cnc(N3CCCC(O)C3)nc2)c1. The summed E-state index contributed by atoms with van der Waals surface area (Å²) in [6.45, 7) is 1.39. The Morgan fingerprint density at radius 2 is 2.00 bits per heavy atom. The lowest BCUT2D eigenvalue weighted by Crippen LogP contribution is -2.39. The van der Waals surface area contributed by atoms with E-state index in [1.807, 2.05) is 4.90 Å². The van der Waals surface area contributed by atoms with Crippen molar-refractivity contribution in [2.45, 2.75) is 18.9 Å². The first-order valence-electron chi connectivity index (χ1n) is 7.26. The normalized spacial score (nSPS) is 18.3. The highest BCUT2D eigenvalue weighted by molar-refractivity contribution is 5.64. The van der Waals surface area contributed by atoms with Gasteiger partial charge in [-0.3, -0.25) is 0 Å². The second kappa shape index (κ2) is 6.27. The van der Waals surface area contributed by atoms with Gasteiger partial charge in [-0.15, -0.1) is 0 Å². The number of ether oxygens (including phenoxy) is 1. The van der Waals surface area contributed by atoms with Crippen molar-refractivity contribution in [2.75, 3.05) is 25.1 Å². The molecule has 5 nitrogen and oxygen atoms in total. The molecule has 116 valence electrons. The number of benzene rings is 1. The summed E-state index contributed by atoms with van der Waals surface area (Å²) in [4.78, 5) is 10.6. The lowest BCUT2D eigenvalue weighted by Gasteiger charge is -2.29. The molecule has 0 radical (unpaired) electrons. The summed E-state index contributed by atoms with van der Waals surface area (Å²) in [5.41, 5.74) is 1.39. The van der Waals surface area contributed by atoms with Gasteiger partial charge in [0.1, 0.15) is 11.6 Å². The standard InChI is InChI=1S/C16H18FN3O2/c1-22-15-6-11(5-13(17)7-15)12-8-18-16(19-9-12)20-4-2-3-14(21)10-20/h5-9,14,21H,2-4,10H2,1H3. The van der Waals surface area contributed by atoms with Crippen molar-refractivity contribution >= 4 is 5.95 Å². The molecule has 6 heteroatoms. The second-order valence-corrected chi connectivity index (χ2v) is 5.39.